The maximum absolute atomic E-state index is 9.02. The molecule has 20 heavy (non-hydrogen) atoms. The third-order valence-electron chi connectivity index (χ3n) is 2.87. The van der Waals surface area contributed by atoms with Crippen LogP contribution in [0.25, 0.3) is 11.3 Å². The van der Waals surface area contributed by atoms with Gasteiger partial charge in [-0.15, -0.1) is 0 Å². The second-order valence-electron chi connectivity index (χ2n) is 4.37. The van der Waals surface area contributed by atoms with E-state index >= 15 is 0 Å². The molecule has 0 aliphatic heterocycles. The van der Waals surface area contributed by atoms with Crippen molar-refractivity contribution in [2.45, 2.75) is 19.8 Å². The predicted molar refractivity (Wildman–Crippen MR) is 77.1 cm³/mol. The summed E-state index contributed by atoms with van der Waals surface area (Å²) in [4.78, 5) is 8.71. The first-order chi connectivity index (χ1) is 9.67. The number of benzene rings is 1. The molecule has 0 atom stereocenters. The SMILES string of the molecule is CCCc1nc(N)cc(-c2cc(C#N)ccc2OC)n1. The van der Waals surface area contributed by atoms with Crippen molar-refractivity contribution in [1.82, 2.24) is 9.97 Å². The van der Waals surface area contributed by atoms with Gasteiger partial charge < -0.3 is 10.5 Å². The van der Waals surface area contributed by atoms with Gasteiger partial charge in [-0.25, -0.2) is 9.97 Å². The number of nitrogen functional groups attached to an aromatic ring is 1. The number of nitrogens with two attached hydrogens (primary N) is 1. The van der Waals surface area contributed by atoms with Crippen molar-refractivity contribution < 1.29 is 4.74 Å². The van der Waals surface area contributed by atoms with Crippen LogP contribution in [0, 0.1) is 11.3 Å². The Morgan fingerprint density at radius 1 is 1.30 bits per heavy atom. The number of nitriles is 1. The van der Waals surface area contributed by atoms with Crippen molar-refractivity contribution in [2.24, 2.45) is 0 Å². The molecule has 2 aromatic rings. The molecular weight excluding hydrogens is 252 g/mol. The topological polar surface area (TPSA) is 84.8 Å². The van der Waals surface area contributed by atoms with Crippen LogP contribution in [0.4, 0.5) is 5.82 Å². The lowest BCUT2D eigenvalue weighted by atomic mass is 10.1. The van der Waals surface area contributed by atoms with Crippen LogP contribution < -0.4 is 10.5 Å². The van der Waals surface area contributed by atoms with E-state index in [1.54, 1.807) is 31.4 Å². The van der Waals surface area contributed by atoms with Crippen molar-refractivity contribution in [2.75, 3.05) is 12.8 Å². The number of aryl methyl sites for hydroxylation is 1. The summed E-state index contributed by atoms with van der Waals surface area (Å²) in [6.45, 7) is 2.06. The van der Waals surface area contributed by atoms with Gasteiger partial charge in [0.25, 0.3) is 0 Å². The molecule has 0 fully saturated rings. The third kappa shape index (κ3) is 2.86. The van der Waals surface area contributed by atoms with Crippen LogP contribution in [-0.4, -0.2) is 17.1 Å². The van der Waals surface area contributed by atoms with E-state index in [4.69, 9.17) is 15.7 Å². The van der Waals surface area contributed by atoms with Gasteiger partial charge in [0.2, 0.25) is 0 Å². The fourth-order valence-electron chi connectivity index (χ4n) is 1.97. The molecule has 2 rings (SSSR count). The zero-order chi connectivity index (χ0) is 14.5. The first-order valence-corrected chi connectivity index (χ1v) is 6.40. The highest BCUT2D eigenvalue weighted by molar-refractivity contribution is 5.70. The second kappa shape index (κ2) is 6.02. The number of hydrogen-bond donors (Lipinski definition) is 1. The van der Waals surface area contributed by atoms with Gasteiger partial charge in [-0.05, 0) is 24.6 Å². The van der Waals surface area contributed by atoms with E-state index < -0.39 is 0 Å². The standard InChI is InChI=1S/C15H16N4O/c1-3-4-15-18-12(8-14(17)19-15)11-7-10(9-16)5-6-13(11)20-2/h5-8H,3-4H2,1-2H3,(H2,17,18,19). The predicted octanol–water partition coefficient (Wildman–Crippen LogP) is 2.56. The molecule has 0 aliphatic rings. The van der Waals surface area contributed by atoms with Crippen LogP contribution >= 0.6 is 0 Å². The highest BCUT2D eigenvalue weighted by Crippen LogP contribution is 2.30. The largest absolute Gasteiger partial charge is 0.496 e. The number of hydrogen-bond acceptors (Lipinski definition) is 5. The molecule has 102 valence electrons. The number of ether oxygens (including phenoxy) is 1. The summed E-state index contributed by atoms with van der Waals surface area (Å²) in [5, 5.41) is 9.02. The van der Waals surface area contributed by atoms with Crippen LogP contribution in [0.2, 0.25) is 0 Å². The van der Waals surface area contributed by atoms with Crippen LogP contribution in [0.15, 0.2) is 24.3 Å². The molecule has 5 heteroatoms. The smallest absolute Gasteiger partial charge is 0.131 e. The summed E-state index contributed by atoms with van der Waals surface area (Å²) in [6, 6.07) is 9.02. The number of rotatable bonds is 4. The van der Waals surface area contributed by atoms with Gasteiger partial charge in [0, 0.05) is 18.1 Å². The number of nitrogens with zero attached hydrogens (tertiary/aromatic N) is 3. The Bertz CT molecular complexity index is 661. The van der Waals surface area contributed by atoms with Gasteiger partial charge >= 0.3 is 0 Å². The first-order valence-electron chi connectivity index (χ1n) is 6.40. The molecule has 1 heterocycles. The monoisotopic (exact) mass is 268 g/mol. The summed E-state index contributed by atoms with van der Waals surface area (Å²) in [5.41, 5.74) is 7.81. The van der Waals surface area contributed by atoms with E-state index in [-0.39, 0.29) is 0 Å². The lowest BCUT2D eigenvalue weighted by molar-refractivity contribution is 0.416. The van der Waals surface area contributed by atoms with Gasteiger partial charge in [-0.2, -0.15) is 5.26 Å². The minimum atomic E-state index is 0.419. The maximum Gasteiger partial charge on any atom is 0.131 e. The molecule has 1 aromatic carbocycles. The second-order valence-corrected chi connectivity index (χ2v) is 4.37. The van der Waals surface area contributed by atoms with Crippen molar-refractivity contribution in [1.29, 1.82) is 5.26 Å². The fraction of sp³-hybridized carbons (Fsp3) is 0.267. The number of methoxy groups -OCH3 is 1. The quantitative estimate of drug-likeness (QED) is 0.921. The van der Waals surface area contributed by atoms with E-state index in [0.717, 1.165) is 18.4 Å². The van der Waals surface area contributed by atoms with E-state index in [0.29, 0.717) is 28.6 Å². The van der Waals surface area contributed by atoms with Crippen molar-refractivity contribution in [3.8, 4) is 23.1 Å². The average Bonchev–Trinajstić information content (AvgIpc) is 2.46. The Morgan fingerprint density at radius 2 is 2.10 bits per heavy atom. The van der Waals surface area contributed by atoms with Gasteiger partial charge in [-0.3, -0.25) is 0 Å². The zero-order valence-corrected chi connectivity index (χ0v) is 11.6. The molecule has 2 N–H and O–H groups in total. The molecule has 0 unspecified atom stereocenters. The lowest BCUT2D eigenvalue weighted by Crippen LogP contribution is -2.02. The Balaban J connectivity index is 2.58. The van der Waals surface area contributed by atoms with Crippen LogP contribution in [-0.2, 0) is 6.42 Å². The van der Waals surface area contributed by atoms with Crippen LogP contribution in [0.1, 0.15) is 24.7 Å². The number of anilines is 1. The molecule has 0 aliphatic carbocycles. The Labute approximate surface area is 118 Å². The van der Waals surface area contributed by atoms with Crippen LogP contribution in [0.5, 0.6) is 5.75 Å². The van der Waals surface area contributed by atoms with Gasteiger partial charge in [0.05, 0.1) is 24.4 Å². The zero-order valence-electron chi connectivity index (χ0n) is 11.6. The fourth-order valence-corrected chi connectivity index (χ4v) is 1.97. The van der Waals surface area contributed by atoms with E-state index in [1.807, 2.05) is 0 Å². The molecule has 0 bridgehead atoms. The maximum atomic E-state index is 9.02. The van der Waals surface area contributed by atoms with Crippen molar-refractivity contribution in [3.05, 3.63) is 35.7 Å². The summed E-state index contributed by atoms with van der Waals surface area (Å²) >= 11 is 0. The van der Waals surface area contributed by atoms with Gasteiger partial charge in [0.1, 0.15) is 17.4 Å². The average molecular weight is 268 g/mol. The Kier molecular flexibility index (Phi) is 4.16. The minimum absolute atomic E-state index is 0.419. The summed E-state index contributed by atoms with van der Waals surface area (Å²) in [6.07, 6.45) is 1.70. The van der Waals surface area contributed by atoms with E-state index in [9.17, 15) is 0 Å². The molecule has 0 saturated carbocycles. The Hall–Kier alpha value is -2.61. The molecule has 5 nitrogen and oxygen atoms in total. The van der Waals surface area contributed by atoms with E-state index in [2.05, 4.69) is 23.0 Å². The third-order valence-corrected chi connectivity index (χ3v) is 2.87. The first kappa shape index (κ1) is 13.8. The summed E-state index contributed by atoms with van der Waals surface area (Å²) in [5.74, 6) is 1.78. The molecular formula is C15H16N4O. The summed E-state index contributed by atoms with van der Waals surface area (Å²) in [7, 11) is 1.59. The van der Waals surface area contributed by atoms with Gasteiger partial charge in [-0.1, -0.05) is 6.92 Å². The molecule has 0 saturated heterocycles. The van der Waals surface area contributed by atoms with Crippen molar-refractivity contribution in [3.63, 3.8) is 0 Å². The molecule has 0 spiro atoms. The molecule has 0 amide bonds. The van der Waals surface area contributed by atoms with Crippen LogP contribution in [0.3, 0.4) is 0 Å². The molecule has 0 radical (unpaired) electrons. The normalized spacial score (nSPS) is 10.1. The van der Waals surface area contributed by atoms with Gasteiger partial charge in [0.15, 0.2) is 0 Å². The van der Waals surface area contributed by atoms with E-state index in [1.165, 1.54) is 0 Å². The molecule has 1 aromatic heterocycles. The lowest BCUT2D eigenvalue weighted by Gasteiger charge is -2.10. The highest BCUT2D eigenvalue weighted by Gasteiger charge is 2.11. The Morgan fingerprint density at radius 3 is 2.75 bits per heavy atom. The minimum Gasteiger partial charge on any atom is -0.496 e. The number of aromatic nitrogens is 2. The summed E-state index contributed by atoms with van der Waals surface area (Å²) < 4.78 is 5.33. The van der Waals surface area contributed by atoms with Crippen molar-refractivity contribution >= 4 is 5.82 Å². The highest BCUT2D eigenvalue weighted by atomic mass is 16.5.